The molecule has 0 bridgehead atoms. The van der Waals surface area contributed by atoms with Crippen LogP contribution in [0.2, 0.25) is 0 Å². The molecular weight excluding hydrogens is 308 g/mol. The molecule has 0 amide bonds. The van der Waals surface area contributed by atoms with Crippen molar-refractivity contribution in [1.29, 1.82) is 0 Å². The molecule has 2 aromatic rings. The van der Waals surface area contributed by atoms with Crippen LogP contribution >= 0.6 is 24.4 Å². The minimum Gasteiger partial charge on any atom is -0.194 e. The molecule has 0 fully saturated rings. The predicted octanol–water partition coefficient (Wildman–Crippen LogP) is 6.06. The van der Waals surface area contributed by atoms with E-state index in [1.165, 1.54) is 0 Å². The molecule has 2 rings (SSSR count). The van der Waals surface area contributed by atoms with Gasteiger partial charge in [0, 0.05) is 0 Å². The van der Waals surface area contributed by atoms with Crippen LogP contribution in [0, 0.1) is 27.7 Å². The van der Waals surface area contributed by atoms with Crippen molar-refractivity contribution in [1.82, 2.24) is 0 Å². The number of benzene rings is 2. The van der Waals surface area contributed by atoms with Gasteiger partial charge in [-0.1, -0.05) is 0 Å². The summed E-state index contributed by atoms with van der Waals surface area (Å²) in [4.78, 5) is 8.29. The third kappa shape index (κ3) is 3.27. The van der Waals surface area contributed by atoms with Crippen LogP contribution in [-0.2, 0) is 0 Å². The highest BCUT2D eigenvalue weighted by molar-refractivity contribution is 7.78. The lowest BCUT2D eigenvalue weighted by Gasteiger charge is -2.12. The number of hydrogen-bond donors (Lipinski definition) is 0. The minimum atomic E-state index is 0.897. The van der Waals surface area contributed by atoms with E-state index >= 15 is 0 Å². The van der Waals surface area contributed by atoms with Gasteiger partial charge in [0.2, 0.25) is 0 Å². The van der Waals surface area contributed by atoms with Crippen molar-refractivity contribution >= 4 is 46.1 Å². The second kappa shape index (κ2) is 6.87. The van der Waals surface area contributed by atoms with E-state index in [4.69, 9.17) is 24.4 Å². The van der Waals surface area contributed by atoms with Crippen LogP contribution in [0.4, 0.5) is 11.4 Å². The number of hydrogen-bond acceptors (Lipinski definition) is 4. The van der Waals surface area contributed by atoms with Crippen molar-refractivity contribution in [3.63, 3.8) is 0 Å². The maximum Gasteiger partial charge on any atom is 0.0798 e. The zero-order valence-corrected chi connectivity index (χ0v) is 14.7. The molecule has 0 aliphatic carbocycles. The van der Waals surface area contributed by atoms with Gasteiger partial charge in [-0.15, -0.1) is 0 Å². The van der Waals surface area contributed by atoms with E-state index in [1.54, 1.807) is 0 Å². The fraction of sp³-hybridized carbons (Fsp3) is 0.222. The standard InChI is InChI=1S/C18H16N2S2/c1-11-5-15(6-12(2)17(11)19-9-21)16-7-13(3)18(20-10-22)14(4)8-16/h5-8H,1-4H3. The lowest BCUT2D eigenvalue weighted by atomic mass is 9.95. The van der Waals surface area contributed by atoms with Gasteiger partial charge in [0.25, 0.3) is 0 Å². The molecule has 0 N–H and O–H groups in total. The van der Waals surface area contributed by atoms with Crippen molar-refractivity contribution in [2.24, 2.45) is 9.98 Å². The lowest BCUT2D eigenvalue weighted by molar-refractivity contribution is 1.31. The SMILES string of the molecule is Cc1cc(-c2cc(C)c(N=C=S)c(C)c2)cc(C)c1N=C=S. The molecule has 0 radical (unpaired) electrons. The van der Waals surface area contributed by atoms with Gasteiger partial charge in [-0.05, 0) is 110 Å². The summed E-state index contributed by atoms with van der Waals surface area (Å²) in [6.07, 6.45) is 0. The van der Waals surface area contributed by atoms with Gasteiger partial charge in [-0.25, -0.2) is 0 Å². The van der Waals surface area contributed by atoms with Gasteiger partial charge >= 0.3 is 0 Å². The molecule has 0 spiro atoms. The van der Waals surface area contributed by atoms with Gasteiger partial charge in [-0.2, -0.15) is 9.98 Å². The largest absolute Gasteiger partial charge is 0.194 e. The molecule has 0 aliphatic rings. The molecule has 0 unspecified atom stereocenters. The van der Waals surface area contributed by atoms with E-state index in [1.807, 2.05) is 27.7 Å². The fourth-order valence-electron chi connectivity index (χ4n) is 2.69. The first-order valence-corrected chi connectivity index (χ1v) is 7.68. The Morgan fingerprint density at radius 1 is 0.636 bits per heavy atom. The fourth-order valence-corrected chi connectivity index (χ4v) is 2.87. The zero-order valence-electron chi connectivity index (χ0n) is 13.0. The van der Waals surface area contributed by atoms with Crippen molar-refractivity contribution in [3.05, 3.63) is 46.5 Å². The van der Waals surface area contributed by atoms with E-state index in [-0.39, 0.29) is 0 Å². The molecule has 0 saturated heterocycles. The average molecular weight is 324 g/mol. The number of nitrogens with zero attached hydrogens (tertiary/aromatic N) is 2. The molecule has 2 nitrogen and oxygen atoms in total. The predicted molar refractivity (Wildman–Crippen MR) is 100 cm³/mol. The second-order valence-corrected chi connectivity index (χ2v) is 5.69. The third-order valence-corrected chi connectivity index (χ3v) is 3.81. The first-order chi connectivity index (χ1) is 10.5. The van der Waals surface area contributed by atoms with Crippen LogP contribution in [0.25, 0.3) is 11.1 Å². The van der Waals surface area contributed by atoms with Gasteiger partial charge in [0.05, 0.1) is 21.7 Å². The Bertz CT molecular complexity index is 723. The smallest absolute Gasteiger partial charge is 0.0798 e. The first kappa shape index (κ1) is 16.4. The average Bonchev–Trinajstić information content (AvgIpc) is 2.46. The molecule has 0 atom stereocenters. The topological polar surface area (TPSA) is 24.7 Å². The third-order valence-electron chi connectivity index (χ3n) is 3.63. The quantitative estimate of drug-likeness (QED) is 0.506. The number of rotatable bonds is 3. The first-order valence-electron chi connectivity index (χ1n) is 6.86. The van der Waals surface area contributed by atoms with Crippen LogP contribution in [0.5, 0.6) is 0 Å². The molecule has 22 heavy (non-hydrogen) atoms. The van der Waals surface area contributed by atoms with Crippen LogP contribution in [0.3, 0.4) is 0 Å². The Morgan fingerprint density at radius 2 is 0.909 bits per heavy atom. The highest BCUT2D eigenvalue weighted by Crippen LogP contribution is 2.34. The molecule has 4 heteroatoms. The summed E-state index contributed by atoms with van der Waals surface area (Å²) in [5.74, 6) is 0. The normalized spacial score (nSPS) is 9.82. The number of isothiocyanates is 2. The summed E-state index contributed by atoms with van der Waals surface area (Å²) in [7, 11) is 0. The lowest BCUT2D eigenvalue weighted by Crippen LogP contribution is -1.88. The second-order valence-electron chi connectivity index (χ2n) is 5.32. The van der Waals surface area contributed by atoms with Crippen LogP contribution in [0.15, 0.2) is 34.3 Å². The number of aryl methyl sites for hydroxylation is 4. The van der Waals surface area contributed by atoms with Crippen LogP contribution < -0.4 is 0 Å². The summed E-state index contributed by atoms with van der Waals surface area (Å²) in [5, 5.41) is 4.89. The van der Waals surface area contributed by atoms with E-state index in [9.17, 15) is 0 Å². The molecule has 0 aromatic heterocycles. The van der Waals surface area contributed by atoms with Gasteiger partial charge in [-0.3, -0.25) is 0 Å². The maximum absolute atomic E-state index is 4.71. The summed E-state index contributed by atoms with van der Waals surface area (Å²) in [5.41, 5.74) is 8.45. The summed E-state index contributed by atoms with van der Waals surface area (Å²) in [6.45, 7) is 8.14. The molecule has 2 aromatic carbocycles. The Hall–Kier alpha value is -1.96. The Kier molecular flexibility index (Phi) is 5.12. The van der Waals surface area contributed by atoms with E-state index < -0.39 is 0 Å². The summed E-state index contributed by atoms with van der Waals surface area (Å²) >= 11 is 9.42. The Balaban J connectivity index is 2.63. The summed E-state index contributed by atoms with van der Waals surface area (Å²) in [6, 6.07) is 8.48. The molecular formula is C18H16N2S2. The van der Waals surface area contributed by atoms with Crippen molar-refractivity contribution in [2.75, 3.05) is 0 Å². The zero-order chi connectivity index (χ0) is 16.3. The number of thiocarbonyl (C=S) groups is 2. The highest BCUT2D eigenvalue weighted by atomic mass is 32.1. The van der Waals surface area contributed by atoms with Crippen molar-refractivity contribution in [2.45, 2.75) is 27.7 Å². The Labute approximate surface area is 141 Å². The minimum absolute atomic E-state index is 0.897. The Morgan fingerprint density at radius 3 is 1.14 bits per heavy atom. The van der Waals surface area contributed by atoms with Crippen LogP contribution in [-0.4, -0.2) is 10.3 Å². The van der Waals surface area contributed by atoms with Crippen molar-refractivity contribution in [3.8, 4) is 11.1 Å². The maximum atomic E-state index is 4.71. The number of aliphatic imine (C=N–C) groups is 2. The van der Waals surface area contributed by atoms with E-state index in [2.05, 4.69) is 44.6 Å². The molecule has 110 valence electrons. The van der Waals surface area contributed by atoms with Gasteiger partial charge < -0.3 is 0 Å². The molecule has 0 heterocycles. The molecule has 0 aliphatic heterocycles. The van der Waals surface area contributed by atoms with Gasteiger partial charge in [0.15, 0.2) is 0 Å². The monoisotopic (exact) mass is 324 g/mol. The molecule has 0 saturated carbocycles. The van der Waals surface area contributed by atoms with Crippen molar-refractivity contribution < 1.29 is 0 Å². The van der Waals surface area contributed by atoms with Gasteiger partial charge in [0.1, 0.15) is 0 Å². The van der Waals surface area contributed by atoms with E-state index in [0.29, 0.717) is 0 Å². The van der Waals surface area contributed by atoms with Crippen LogP contribution in [0.1, 0.15) is 22.3 Å². The van der Waals surface area contributed by atoms with E-state index in [0.717, 1.165) is 44.8 Å². The summed E-state index contributed by atoms with van der Waals surface area (Å²) < 4.78 is 0. The highest BCUT2D eigenvalue weighted by Gasteiger charge is 2.09.